The first-order valence-corrected chi connectivity index (χ1v) is 10.0. The van der Waals surface area contributed by atoms with Gasteiger partial charge in [0, 0.05) is 35.5 Å². The summed E-state index contributed by atoms with van der Waals surface area (Å²) in [6.45, 7) is 0. The van der Waals surface area contributed by atoms with Crippen molar-refractivity contribution in [2.75, 3.05) is 0 Å². The third kappa shape index (κ3) is 2.56. The van der Waals surface area contributed by atoms with Gasteiger partial charge in [-0.1, -0.05) is 12.1 Å². The number of aromatic amines is 1. The van der Waals surface area contributed by atoms with Gasteiger partial charge in [0.1, 0.15) is 11.4 Å². The molecule has 4 heterocycles. The third-order valence-corrected chi connectivity index (χ3v) is 6.26. The third-order valence-electron chi connectivity index (χ3n) is 6.26. The summed E-state index contributed by atoms with van der Waals surface area (Å²) >= 11 is 0. The average Bonchev–Trinajstić information content (AvgIpc) is 3.40. The number of nitrogens with zero attached hydrogens (tertiary/aromatic N) is 4. The van der Waals surface area contributed by atoms with E-state index < -0.39 is 5.60 Å². The van der Waals surface area contributed by atoms with Crippen LogP contribution in [0.4, 0.5) is 4.39 Å². The molecule has 1 spiro atoms. The van der Waals surface area contributed by atoms with E-state index >= 15 is 0 Å². The first-order valence-electron chi connectivity index (χ1n) is 10.0. The maximum Gasteiger partial charge on any atom is 0.339 e. The summed E-state index contributed by atoms with van der Waals surface area (Å²) in [6.07, 6.45) is 6.48. The zero-order chi connectivity index (χ0) is 20.3. The molecule has 2 aliphatic rings. The minimum absolute atomic E-state index is 0.195. The molecule has 0 radical (unpaired) electrons. The summed E-state index contributed by atoms with van der Waals surface area (Å²) in [5.74, 6) is 0.427. The Bertz CT molecular complexity index is 1250. The summed E-state index contributed by atoms with van der Waals surface area (Å²) < 4.78 is 20.9. The Hall–Kier alpha value is -3.55. The lowest BCUT2D eigenvalue weighted by molar-refractivity contribution is -0.0313. The van der Waals surface area contributed by atoms with Crippen LogP contribution in [-0.4, -0.2) is 30.8 Å². The van der Waals surface area contributed by atoms with E-state index in [2.05, 4.69) is 20.2 Å². The highest BCUT2D eigenvalue weighted by Gasteiger charge is 2.48. The topological polar surface area (TPSA) is 85.2 Å². The van der Waals surface area contributed by atoms with Gasteiger partial charge in [0.25, 0.3) is 0 Å². The number of carbonyl (C=O) groups is 1. The number of pyridine rings is 1. The van der Waals surface area contributed by atoms with Crippen molar-refractivity contribution < 1.29 is 13.9 Å². The second-order valence-corrected chi connectivity index (χ2v) is 8.00. The highest BCUT2D eigenvalue weighted by molar-refractivity contribution is 5.94. The van der Waals surface area contributed by atoms with Crippen LogP contribution < -0.4 is 0 Å². The largest absolute Gasteiger partial charge is 0.450 e. The monoisotopic (exact) mass is 403 g/mol. The van der Waals surface area contributed by atoms with E-state index in [-0.39, 0.29) is 17.7 Å². The van der Waals surface area contributed by atoms with Crippen molar-refractivity contribution in [3.8, 4) is 11.3 Å². The number of nitrogens with one attached hydrogen (secondary N) is 1. The molecule has 1 saturated carbocycles. The zero-order valence-electron chi connectivity index (χ0n) is 16.0. The van der Waals surface area contributed by atoms with Gasteiger partial charge in [-0.05, 0) is 43.9 Å². The normalized spacial score (nSPS) is 23.1. The smallest absolute Gasteiger partial charge is 0.339 e. The first-order chi connectivity index (χ1) is 14.6. The highest BCUT2D eigenvalue weighted by Crippen LogP contribution is 2.49. The molecule has 6 rings (SSSR count). The number of aromatic nitrogens is 5. The van der Waals surface area contributed by atoms with Gasteiger partial charge in [-0.15, -0.1) is 5.10 Å². The number of esters is 1. The van der Waals surface area contributed by atoms with Crippen LogP contribution in [0.15, 0.2) is 48.8 Å². The second-order valence-electron chi connectivity index (χ2n) is 8.00. The molecule has 0 atom stereocenters. The molecule has 0 bridgehead atoms. The molecule has 30 heavy (non-hydrogen) atoms. The number of H-pyrrole nitrogens is 1. The molecular formula is C22H18FN5O2. The van der Waals surface area contributed by atoms with E-state index in [1.807, 2.05) is 12.1 Å². The average molecular weight is 403 g/mol. The van der Waals surface area contributed by atoms with Crippen LogP contribution >= 0.6 is 0 Å². The van der Waals surface area contributed by atoms with Crippen LogP contribution in [0.1, 0.15) is 53.3 Å². The first kappa shape index (κ1) is 17.3. The Morgan fingerprint density at radius 3 is 2.87 bits per heavy atom. The highest BCUT2D eigenvalue weighted by atomic mass is 19.1. The van der Waals surface area contributed by atoms with Crippen molar-refractivity contribution in [2.24, 2.45) is 0 Å². The SMILES string of the molecule is O=C1OC2(CCC(c3nc4cc(-c5cccc(F)c5)[nH]n4n3)CC2)c2cnccc21. The molecule has 1 fully saturated rings. The number of halogens is 1. The maximum absolute atomic E-state index is 13.5. The molecule has 0 amide bonds. The Labute approximate surface area is 170 Å². The lowest BCUT2D eigenvalue weighted by atomic mass is 9.75. The second kappa shape index (κ2) is 6.22. The minimum atomic E-state index is -0.567. The Kier molecular flexibility index (Phi) is 3.59. The summed E-state index contributed by atoms with van der Waals surface area (Å²) in [6, 6.07) is 10.0. The van der Waals surface area contributed by atoms with Crippen molar-refractivity contribution >= 4 is 11.6 Å². The molecule has 8 heteroatoms. The van der Waals surface area contributed by atoms with Gasteiger partial charge in [0.15, 0.2) is 11.5 Å². The number of hydrogen-bond acceptors (Lipinski definition) is 5. The standard InChI is InChI=1S/C22H18FN5O2/c23-15-3-1-2-14(10-15)18-11-19-25-20(27-28(19)26-18)13-4-7-22(8-5-13)17-12-24-9-6-16(17)21(29)30-22/h1-3,6,9-13,26H,4-5,7-8H2. The molecule has 1 aliphatic heterocycles. The molecule has 1 aromatic carbocycles. The van der Waals surface area contributed by atoms with Crippen molar-refractivity contribution in [2.45, 2.75) is 37.2 Å². The van der Waals surface area contributed by atoms with E-state index in [1.165, 1.54) is 12.1 Å². The Morgan fingerprint density at radius 2 is 2.07 bits per heavy atom. The molecule has 1 N–H and O–H groups in total. The van der Waals surface area contributed by atoms with Crippen LogP contribution in [0.25, 0.3) is 16.9 Å². The number of hydrogen-bond donors (Lipinski definition) is 1. The fraction of sp³-hybridized carbons (Fsp3) is 0.273. The Morgan fingerprint density at radius 1 is 1.20 bits per heavy atom. The van der Waals surface area contributed by atoms with Gasteiger partial charge in [0.2, 0.25) is 0 Å². The quantitative estimate of drug-likeness (QED) is 0.512. The van der Waals surface area contributed by atoms with Crippen LogP contribution in [0.3, 0.4) is 0 Å². The Balaban J connectivity index is 1.23. The predicted molar refractivity (Wildman–Crippen MR) is 105 cm³/mol. The van der Waals surface area contributed by atoms with Crippen LogP contribution in [0.5, 0.6) is 0 Å². The van der Waals surface area contributed by atoms with E-state index in [0.29, 0.717) is 11.2 Å². The lowest BCUT2D eigenvalue weighted by Gasteiger charge is -2.35. The predicted octanol–water partition coefficient (Wildman–Crippen LogP) is 3.98. The molecular weight excluding hydrogens is 385 g/mol. The molecule has 150 valence electrons. The van der Waals surface area contributed by atoms with Gasteiger partial charge in [-0.3, -0.25) is 10.1 Å². The molecule has 0 saturated heterocycles. The van der Waals surface area contributed by atoms with Crippen molar-refractivity contribution in [3.05, 3.63) is 71.6 Å². The van der Waals surface area contributed by atoms with Crippen molar-refractivity contribution in [1.82, 2.24) is 24.8 Å². The zero-order valence-corrected chi connectivity index (χ0v) is 16.0. The van der Waals surface area contributed by atoms with Crippen LogP contribution in [-0.2, 0) is 10.3 Å². The van der Waals surface area contributed by atoms with E-state index in [1.54, 1.807) is 29.2 Å². The van der Waals surface area contributed by atoms with Crippen molar-refractivity contribution in [1.29, 1.82) is 0 Å². The molecule has 4 aromatic rings. The number of ether oxygens (including phenoxy) is 1. The van der Waals surface area contributed by atoms with Crippen LogP contribution in [0, 0.1) is 5.82 Å². The number of benzene rings is 1. The number of fused-ring (bicyclic) bond motifs is 3. The van der Waals surface area contributed by atoms with Gasteiger partial charge < -0.3 is 4.74 Å². The van der Waals surface area contributed by atoms with E-state index in [0.717, 1.165) is 48.3 Å². The van der Waals surface area contributed by atoms with Gasteiger partial charge in [-0.25, -0.2) is 14.2 Å². The maximum atomic E-state index is 13.5. The number of rotatable bonds is 2. The van der Waals surface area contributed by atoms with Crippen LogP contribution in [0.2, 0.25) is 0 Å². The molecule has 0 unspecified atom stereocenters. The summed E-state index contributed by atoms with van der Waals surface area (Å²) in [5, 5.41) is 7.78. The summed E-state index contributed by atoms with van der Waals surface area (Å²) in [4.78, 5) is 21.1. The number of carbonyl (C=O) groups excluding carboxylic acids is 1. The lowest BCUT2D eigenvalue weighted by Crippen LogP contribution is -2.31. The minimum Gasteiger partial charge on any atom is -0.450 e. The molecule has 7 nitrogen and oxygen atoms in total. The van der Waals surface area contributed by atoms with E-state index in [9.17, 15) is 9.18 Å². The summed E-state index contributed by atoms with van der Waals surface area (Å²) in [7, 11) is 0. The van der Waals surface area contributed by atoms with Gasteiger partial charge in [0.05, 0.1) is 11.3 Å². The van der Waals surface area contributed by atoms with Crippen molar-refractivity contribution in [3.63, 3.8) is 0 Å². The molecule has 1 aliphatic carbocycles. The molecule has 3 aromatic heterocycles. The fourth-order valence-corrected chi connectivity index (χ4v) is 4.71. The van der Waals surface area contributed by atoms with Gasteiger partial charge >= 0.3 is 5.97 Å². The van der Waals surface area contributed by atoms with E-state index in [4.69, 9.17) is 4.74 Å². The summed E-state index contributed by atoms with van der Waals surface area (Å²) in [5.41, 5.74) is 3.17. The van der Waals surface area contributed by atoms with Gasteiger partial charge in [-0.2, -0.15) is 4.63 Å². The fourth-order valence-electron chi connectivity index (χ4n) is 4.71.